The normalized spacial score (nSPS) is 24.4. The van der Waals surface area contributed by atoms with Crippen LogP contribution >= 0.6 is 0 Å². The van der Waals surface area contributed by atoms with E-state index in [4.69, 9.17) is 18.9 Å². The third-order valence-corrected chi connectivity index (χ3v) is 12.7. The quantitative estimate of drug-likeness (QED) is 0.0481. The third-order valence-electron chi connectivity index (χ3n) is 12.7. The van der Waals surface area contributed by atoms with Crippen molar-refractivity contribution in [2.24, 2.45) is 11.8 Å². The number of aryl methyl sites for hydroxylation is 2. The molecule has 1 amide bonds. The van der Waals surface area contributed by atoms with E-state index < -0.39 is 48.8 Å². The summed E-state index contributed by atoms with van der Waals surface area (Å²) in [6.45, 7) is 2.43. The monoisotopic (exact) mass is 811 g/mol. The van der Waals surface area contributed by atoms with E-state index in [1.165, 1.54) is 6.07 Å². The molecule has 16 heteroatoms. The number of aromatic amines is 2. The SMILES string of the molecule is CCc1c2cc[nH]c2cn1-c1c2c(cc3c(=O)cc(C)oc13)C[C@@H](OOC[C@H](O)[C@](O)(Cn1ccc3[nH]ccc31)[C@H](O)[C@H](O)CO)[C@]1(CC=C[C@@H]([C@@H]3CNC(=O)C3)C1)O2. The number of rotatable bonds is 13. The molecule has 0 saturated carbocycles. The molecule has 1 aromatic carbocycles. The zero-order chi connectivity index (χ0) is 41.2. The molecule has 59 heavy (non-hydrogen) atoms. The molecule has 9 rings (SSSR count). The van der Waals surface area contributed by atoms with Gasteiger partial charge in [-0.25, -0.2) is 9.78 Å². The van der Waals surface area contributed by atoms with Gasteiger partial charge in [0.05, 0.1) is 35.1 Å². The molecule has 312 valence electrons. The van der Waals surface area contributed by atoms with Crippen molar-refractivity contribution in [1.82, 2.24) is 24.4 Å². The molecule has 6 aromatic rings. The van der Waals surface area contributed by atoms with Crippen LogP contribution in [0.5, 0.6) is 5.75 Å². The number of carbonyl (C=O) groups excluding carboxylic acids is 1. The molecular formula is C43H49N5O11. The molecule has 7 heterocycles. The van der Waals surface area contributed by atoms with E-state index in [9.17, 15) is 35.1 Å². The average molecular weight is 812 g/mol. The van der Waals surface area contributed by atoms with Gasteiger partial charge >= 0.3 is 0 Å². The Kier molecular flexibility index (Phi) is 10.1. The minimum absolute atomic E-state index is 0.00709. The van der Waals surface area contributed by atoms with Crippen molar-refractivity contribution < 1.29 is 49.3 Å². The van der Waals surface area contributed by atoms with Crippen molar-refractivity contribution in [1.29, 1.82) is 0 Å². The van der Waals surface area contributed by atoms with Gasteiger partial charge in [0.2, 0.25) is 5.91 Å². The number of aromatic nitrogens is 4. The Balaban J connectivity index is 1.09. The van der Waals surface area contributed by atoms with Crippen LogP contribution in [0.4, 0.5) is 0 Å². The van der Waals surface area contributed by atoms with E-state index in [2.05, 4.69) is 28.3 Å². The van der Waals surface area contributed by atoms with Crippen molar-refractivity contribution >= 4 is 38.8 Å². The lowest BCUT2D eigenvalue weighted by Crippen LogP contribution is -2.61. The molecule has 3 aliphatic rings. The van der Waals surface area contributed by atoms with Crippen LogP contribution < -0.4 is 15.5 Å². The largest absolute Gasteiger partial charge is 0.481 e. The van der Waals surface area contributed by atoms with Crippen LogP contribution in [0.1, 0.15) is 43.2 Å². The molecule has 1 spiro atoms. The lowest BCUT2D eigenvalue weighted by Gasteiger charge is -2.47. The van der Waals surface area contributed by atoms with Crippen molar-refractivity contribution in [3.63, 3.8) is 0 Å². The number of benzene rings is 1. The summed E-state index contributed by atoms with van der Waals surface area (Å²) in [6, 6.07) is 8.76. The van der Waals surface area contributed by atoms with Gasteiger partial charge in [-0.2, -0.15) is 0 Å². The molecule has 0 unspecified atom stereocenters. The van der Waals surface area contributed by atoms with Crippen LogP contribution in [-0.2, 0) is 34.0 Å². The third kappa shape index (κ3) is 6.68. The lowest BCUT2D eigenvalue weighted by molar-refractivity contribution is -0.367. The molecule has 5 aromatic heterocycles. The molecule has 1 saturated heterocycles. The van der Waals surface area contributed by atoms with Crippen molar-refractivity contribution in [3.8, 4) is 11.4 Å². The Morgan fingerprint density at radius 2 is 1.88 bits per heavy atom. The highest BCUT2D eigenvalue weighted by atomic mass is 17.2. The number of ether oxygens (including phenoxy) is 1. The highest BCUT2D eigenvalue weighted by molar-refractivity contribution is 5.92. The van der Waals surface area contributed by atoms with Gasteiger partial charge in [-0.05, 0) is 55.9 Å². The standard InChI is InChI=1S/C43H49N5O11/c1-3-31-27-6-10-45-30(27)19-48(31)38-39-25(14-28-33(50)13-23(2)57-40(28)38)15-36(42(58-39)9-4-5-24(17-42)26-16-37(53)46-18-26)59-56-21-35(52)43(55,41(54)34(51)20-49)22-47-12-8-29-32(47)7-11-44-29/h4-8,10-14,19,24,26,34-36,41,44-45,49,51-52,54-55H,3,9,15-18,20-22H2,1-2H3,(H,46,53)/t24-,26+,34-,35+,36-,41-,42-,43-/m1/s1. The summed E-state index contributed by atoms with van der Waals surface area (Å²) in [7, 11) is 0. The van der Waals surface area contributed by atoms with Crippen LogP contribution in [0, 0.1) is 18.8 Å². The fourth-order valence-electron chi connectivity index (χ4n) is 9.49. The maximum atomic E-state index is 13.7. The molecule has 16 nitrogen and oxygen atoms in total. The molecule has 1 fully saturated rings. The number of hydrogen-bond donors (Lipinski definition) is 8. The summed E-state index contributed by atoms with van der Waals surface area (Å²) < 4.78 is 17.3. The number of H-pyrrole nitrogens is 2. The van der Waals surface area contributed by atoms with Gasteiger partial charge in [-0.15, -0.1) is 0 Å². The fraction of sp³-hybridized carbons (Fsp3) is 0.442. The predicted molar refractivity (Wildman–Crippen MR) is 215 cm³/mol. The van der Waals surface area contributed by atoms with Gasteiger partial charge in [-0.3, -0.25) is 9.59 Å². The topological polar surface area (TPSA) is 230 Å². The summed E-state index contributed by atoms with van der Waals surface area (Å²) in [6.07, 6.45) is 7.00. The van der Waals surface area contributed by atoms with E-state index in [-0.39, 0.29) is 36.1 Å². The summed E-state index contributed by atoms with van der Waals surface area (Å²) >= 11 is 0. The summed E-state index contributed by atoms with van der Waals surface area (Å²) in [5.74, 6) is 0.881. The maximum absolute atomic E-state index is 13.7. The smallest absolute Gasteiger partial charge is 0.220 e. The Labute approximate surface area is 337 Å². The summed E-state index contributed by atoms with van der Waals surface area (Å²) in [4.78, 5) is 44.5. The molecule has 8 N–H and O–H groups in total. The Hall–Kier alpha value is -5.20. The highest BCUT2D eigenvalue weighted by Gasteiger charge is 2.52. The first-order chi connectivity index (χ1) is 28.4. The average Bonchev–Trinajstić information content (AvgIpc) is 4.07. The maximum Gasteiger partial charge on any atom is 0.220 e. The molecule has 0 radical (unpaired) electrons. The van der Waals surface area contributed by atoms with Crippen LogP contribution in [0.3, 0.4) is 0 Å². The molecule has 2 aliphatic heterocycles. The van der Waals surface area contributed by atoms with Crippen molar-refractivity contribution in [2.75, 3.05) is 19.8 Å². The molecule has 1 aliphatic carbocycles. The highest BCUT2D eigenvalue weighted by Crippen LogP contribution is 2.49. The minimum Gasteiger partial charge on any atom is -0.481 e. The number of fused-ring (bicyclic) bond motifs is 4. The van der Waals surface area contributed by atoms with Crippen LogP contribution in [-0.4, -0.2) is 106 Å². The van der Waals surface area contributed by atoms with Gasteiger partial charge in [0, 0.05) is 73.3 Å². The Morgan fingerprint density at radius 1 is 1.07 bits per heavy atom. The van der Waals surface area contributed by atoms with Gasteiger partial charge in [-0.1, -0.05) is 19.1 Å². The van der Waals surface area contributed by atoms with E-state index in [1.807, 2.05) is 29.1 Å². The van der Waals surface area contributed by atoms with Crippen LogP contribution in [0.2, 0.25) is 0 Å². The van der Waals surface area contributed by atoms with Crippen LogP contribution in [0.25, 0.3) is 38.6 Å². The summed E-state index contributed by atoms with van der Waals surface area (Å²) in [5.41, 5.74) is 1.24. The first-order valence-electron chi connectivity index (χ1n) is 20.1. The second-order valence-electron chi connectivity index (χ2n) is 16.3. The van der Waals surface area contributed by atoms with E-state index >= 15 is 0 Å². The number of carbonyl (C=O) groups is 1. The number of allylic oxidation sites excluding steroid dienone is 1. The van der Waals surface area contributed by atoms with Crippen molar-refractivity contribution in [3.05, 3.63) is 94.5 Å². The van der Waals surface area contributed by atoms with Gasteiger partial charge in [0.1, 0.15) is 53.7 Å². The van der Waals surface area contributed by atoms with Gasteiger partial charge in [0.25, 0.3) is 0 Å². The van der Waals surface area contributed by atoms with E-state index in [0.29, 0.717) is 71.5 Å². The molecular weight excluding hydrogens is 762 g/mol. The number of nitrogens with zero attached hydrogens (tertiary/aromatic N) is 2. The van der Waals surface area contributed by atoms with E-state index in [1.54, 1.807) is 42.1 Å². The predicted octanol–water partition coefficient (Wildman–Crippen LogP) is 2.82. The number of aliphatic hydroxyl groups is 5. The second-order valence-corrected chi connectivity index (χ2v) is 16.3. The number of nitrogens with one attached hydrogen (secondary N) is 3. The van der Waals surface area contributed by atoms with Gasteiger partial charge in [0.15, 0.2) is 16.8 Å². The molecule has 0 bridgehead atoms. The number of hydrogen-bond acceptors (Lipinski definition) is 11. The molecule has 8 atom stereocenters. The number of amides is 1. The summed E-state index contributed by atoms with van der Waals surface area (Å²) in [5, 5.41) is 59.1. The van der Waals surface area contributed by atoms with Crippen molar-refractivity contribution in [2.45, 2.75) is 88.1 Å². The minimum atomic E-state index is -2.42. The zero-order valence-electron chi connectivity index (χ0n) is 32.8. The Morgan fingerprint density at radius 3 is 2.66 bits per heavy atom. The second kappa shape index (κ2) is 15.1. The van der Waals surface area contributed by atoms with Gasteiger partial charge < -0.3 is 59.1 Å². The van der Waals surface area contributed by atoms with E-state index in [0.717, 1.165) is 22.1 Å². The lowest BCUT2D eigenvalue weighted by atomic mass is 9.71. The first-order valence-corrected chi connectivity index (χ1v) is 20.1. The number of aliphatic hydroxyl groups excluding tert-OH is 4. The Bertz CT molecular complexity index is 2620. The van der Waals surface area contributed by atoms with Crippen LogP contribution in [0.15, 0.2) is 76.5 Å². The zero-order valence-corrected chi connectivity index (χ0v) is 32.8. The first kappa shape index (κ1) is 39.3. The fourth-order valence-corrected chi connectivity index (χ4v) is 9.49.